The molecule has 1 aromatic carbocycles. The lowest BCUT2D eigenvalue weighted by Crippen LogP contribution is -2.17. The van der Waals surface area contributed by atoms with E-state index >= 15 is 0 Å². The number of aromatic nitrogens is 1. The minimum Gasteiger partial charge on any atom is -0.468 e. The number of benzene rings is 1. The van der Waals surface area contributed by atoms with Crippen molar-refractivity contribution in [2.75, 3.05) is 7.11 Å². The third kappa shape index (κ3) is 2.41. The molecule has 2 rings (SSSR count). The van der Waals surface area contributed by atoms with Crippen LogP contribution in [0.25, 0.3) is 10.2 Å². The first kappa shape index (κ1) is 11.5. The van der Waals surface area contributed by atoms with Gasteiger partial charge >= 0.3 is 5.97 Å². The van der Waals surface area contributed by atoms with Gasteiger partial charge in [0.25, 0.3) is 0 Å². The maximum absolute atomic E-state index is 11.3. The molecule has 1 heterocycles. The molecule has 84 valence electrons. The van der Waals surface area contributed by atoms with Gasteiger partial charge in [-0.25, -0.2) is 4.98 Å². The SMILES string of the molecule is COC(=O)C(Br)Cc1ccc2ncsc2c1. The first-order valence-corrected chi connectivity index (χ1v) is 6.54. The number of esters is 1. The minimum atomic E-state index is -0.289. The number of rotatable bonds is 3. The summed E-state index contributed by atoms with van der Waals surface area (Å²) in [4.78, 5) is 15.2. The second-order valence-electron chi connectivity index (χ2n) is 3.35. The molecule has 0 aliphatic carbocycles. The van der Waals surface area contributed by atoms with Gasteiger partial charge in [0.2, 0.25) is 0 Å². The van der Waals surface area contributed by atoms with E-state index in [1.807, 2.05) is 17.6 Å². The van der Waals surface area contributed by atoms with Gasteiger partial charge in [-0.3, -0.25) is 4.79 Å². The average molecular weight is 300 g/mol. The van der Waals surface area contributed by atoms with E-state index in [9.17, 15) is 4.79 Å². The molecule has 2 aromatic rings. The first-order chi connectivity index (χ1) is 7.70. The third-order valence-corrected chi connectivity index (χ3v) is 3.76. The lowest BCUT2D eigenvalue weighted by atomic mass is 10.1. The topological polar surface area (TPSA) is 39.2 Å². The van der Waals surface area contributed by atoms with E-state index in [4.69, 9.17) is 0 Å². The predicted molar refractivity (Wildman–Crippen MR) is 68.1 cm³/mol. The Hall–Kier alpha value is -0.940. The van der Waals surface area contributed by atoms with Gasteiger partial charge in [0.1, 0.15) is 4.83 Å². The number of halogens is 1. The van der Waals surface area contributed by atoms with Crippen LogP contribution >= 0.6 is 27.3 Å². The molecule has 1 atom stereocenters. The zero-order valence-corrected chi connectivity index (χ0v) is 11.0. The molecule has 0 radical (unpaired) electrons. The average Bonchev–Trinajstić information content (AvgIpc) is 2.75. The Morgan fingerprint density at radius 3 is 3.19 bits per heavy atom. The maximum Gasteiger partial charge on any atom is 0.319 e. The number of hydrogen-bond acceptors (Lipinski definition) is 4. The molecule has 1 aromatic heterocycles. The van der Waals surface area contributed by atoms with Crippen LogP contribution in [0.2, 0.25) is 0 Å². The number of thiazole rings is 1. The van der Waals surface area contributed by atoms with Crippen molar-refractivity contribution in [3.8, 4) is 0 Å². The highest BCUT2D eigenvalue weighted by Gasteiger charge is 2.15. The summed E-state index contributed by atoms with van der Waals surface area (Å²) in [7, 11) is 1.39. The number of hydrogen-bond donors (Lipinski definition) is 0. The maximum atomic E-state index is 11.3. The second kappa shape index (κ2) is 4.93. The molecule has 0 saturated carbocycles. The zero-order chi connectivity index (χ0) is 11.5. The molecule has 0 fully saturated rings. The smallest absolute Gasteiger partial charge is 0.319 e. The van der Waals surface area contributed by atoms with Crippen LogP contribution in [0.5, 0.6) is 0 Å². The fraction of sp³-hybridized carbons (Fsp3) is 0.273. The largest absolute Gasteiger partial charge is 0.468 e. The fourth-order valence-electron chi connectivity index (χ4n) is 1.44. The van der Waals surface area contributed by atoms with Gasteiger partial charge < -0.3 is 4.74 Å². The summed E-state index contributed by atoms with van der Waals surface area (Å²) >= 11 is 4.91. The molecule has 0 N–H and O–H groups in total. The molecule has 0 aliphatic rings. The van der Waals surface area contributed by atoms with Gasteiger partial charge in [-0.1, -0.05) is 22.0 Å². The lowest BCUT2D eigenvalue weighted by molar-refractivity contribution is -0.139. The number of methoxy groups -OCH3 is 1. The van der Waals surface area contributed by atoms with Crippen molar-refractivity contribution in [3.63, 3.8) is 0 Å². The number of alkyl halides is 1. The van der Waals surface area contributed by atoms with Crippen molar-refractivity contribution in [2.24, 2.45) is 0 Å². The summed E-state index contributed by atoms with van der Waals surface area (Å²) < 4.78 is 5.80. The molecule has 1 unspecified atom stereocenters. The Morgan fingerprint density at radius 1 is 1.62 bits per heavy atom. The molecular formula is C11H10BrNO2S. The Labute approximate surface area is 106 Å². The van der Waals surface area contributed by atoms with E-state index < -0.39 is 0 Å². The van der Waals surface area contributed by atoms with Crippen LogP contribution in [0.1, 0.15) is 5.56 Å². The summed E-state index contributed by atoms with van der Waals surface area (Å²) in [5, 5.41) is 0. The van der Waals surface area contributed by atoms with Gasteiger partial charge in [0.15, 0.2) is 0 Å². The van der Waals surface area contributed by atoms with Crippen molar-refractivity contribution >= 4 is 43.5 Å². The van der Waals surface area contributed by atoms with Crippen LogP contribution in [0.3, 0.4) is 0 Å². The van der Waals surface area contributed by atoms with E-state index in [1.165, 1.54) is 7.11 Å². The van der Waals surface area contributed by atoms with E-state index in [1.54, 1.807) is 11.3 Å². The number of carbonyl (C=O) groups is 1. The van der Waals surface area contributed by atoms with Gasteiger partial charge in [-0.2, -0.15) is 0 Å². The van der Waals surface area contributed by atoms with E-state index in [0.717, 1.165) is 15.8 Å². The van der Waals surface area contributed by atoms with Crippen LogP contribution in [0, 0.1) is 0 Å². The van der Waals surface area contributed by atoms with E-state index in [2.05, 4.69) is 31.7 Å². The standard InChI is InChI=1S/C11H10BrNO2S/c1-15-11(14)8(12)4-7-2-3-9-10(5-7)16-6-13-9/h2-3,5-6,8H,4H2,1H3. The Kier molecular flexibility index (Phi) is 3.56. The normalized spacial score (nSPS) is 12.6. The molecule has 0 amide bonds. The highest BCUT2D eigenvalue weighted by atomic mass is 79.9. The van der Waals surface area contributed by atoms with Crippen molar-refractivity contribution in [3.05, 3.63) is 29.3 Å². The van der Waals surface area contributed by atoms with Crippen LogP contribution in [0.4, 0.5) is 0 Å². The summed E-state index contributed by atoms with van der Waals surface area (Å²) in [6, 6.07) is 6.02. The Bertz CT molecular complexity index is 511. The number of ether oxygens (including phenoxy) is 1. The van der Waals surface area contributed by atoms with E-state index in [0.29, 0.717) is 6.42 Å². The van der Waals surface area contributed by atoms with Crippen molar-refractivity contribution < 1.29 is 9.53 Å². The predicted octanol–water partition coefficient (Wildman–Crippen LogP) is 2.78. The lowest BCUT2D eigenvalue weighted by Gasteiger charge is -2.07. The third-order valence-electron chi connectivity index (χ3n) is 2.27. The van der Waals surface area contributed by atoms with Gasteiger partial charge in [0.05, 0.1) is 22.8 Å². The van der Waals surface area contributed by atoms with Crippen LogP contribution < -0.4 is 0 Å². The summed E-state index contributed by atoms with van der Waals surface area (Å²) in [6.45, 7) is 0. The molecule has 5 heteroatoms. The monoisotopic (exact) mass is 299 g/mol. The number of fused-ring (bicyclic) bond motifs is 1. The minimum absolute atomic E-state index is 0.246. The molecule has 16 heavy (non-hydrogen) atoms. The van der Waals surface area contributed by atoms with Crippen molar-refractivity contribution in [1.29, 1.82) is 0 Å². The molecule has 0 saturated heterocycles. The highest BCUT2D eigenvalue weighted by Crippen LogP contribution is 2.21. The highest BCUT2D eigenvalue weighted by molar-refractivity contribution is 9.10. The quantitative estimate of drug-likeness (QED) is 0.646. The van der Waals surface area contributed by atoms with Crippen LogP contribution in [-0.4, -0.2) is 22.9 Å². The first-order valence-electron chi connectivity index (χ1n) is 4.74. The zero-order valence-electron chi connectivity index (χ0n) is 8.64. The van der Waals surface area contributed by atoms with Gasteiger partial charge in [-0.15, -0.1) is 11.3 Å². The van der Waals surface area contributed by atoms with E-state index in [-0.39, 0.29) is 10.8 Å². The molecule has 0 spiro atoms. The molecule has 0 aliphatic heterocycles. The van der Waals surface area contributed by atoms with Gasteiger partial charge in [0, 0.05) is 0 Å². The van der Waals surface area contributed by atoms with Crippen molar-refractivity contribution in [2.45, 2.75) is 11.2 Å². The summed E-state index contributed by atoms with van der Waals surface area (Å²) in [5.74, 6) is -0.246. The molecular weight excluding hydrogens is 290 g/mol. The van der Waals surface area contributed by atoms with Gasteiger partial charge in [-0.05, 0) is 24.1 Å². The van der Waals surface area contributed by atoms with Crippen LogP contribution in [0.15, 0.2) is 23.7 Å². The Morgan fingerprint density at radius 2 is 2.44 bits per heavy atom. The number of nitrogens with zero attached hydrogens (tertiary/aromatic N) is 1. The Balaban J connectivity index is 2.17. The van der Waals surface area contributed by atoms with Crippen molar-refractivity contribution in [1.82, 2.24) is 4.98 Å². The summed E-state index contributed by atoms with van der Waals surface area (Å²) in [5.41, 5.74) is 3.92. The second-order valence-corrected chi connectivity index (χ2v) is 5.34. The summed E-state index contributed by atoms with van der Waals surface area (Å²) in [6.07, 6.45) is 0.626. The fourth-order valence-corrected chi connectivity index (χ4v) is 2.75. The molecule has 3 nitrogen and oxygen atoms in total. The molecule has 0 bridgehead atoms. The number of carbonyl (C=O) groups excluding carboxylic acids is 1. The van der Waals surface area contributed by atoms with Crippen LogP contribution in [-0.2, 0) is 16.0 Å².